The highest BCUT2D eigenvalue weighted by atomic mass is 32.1. The van der Waals surface area contributed by atoms with Crippen LogP contribution in [-0.2, 0) is 0 Å². The first-order chi connectivity index (χ1) is 41.7. The molecular formula is C70H38N12S2. The maximum Gasteiger partial charge on any atom is 0.222 e. The summed E-state index contributed by atoms with van der Waals surface area (Å²) in [5.74, 6) is 3.32. The highest BCUT2D eigenvalue weighted by molar-refractivity contribution is 7.26. The van der Waals surface area contributed by atoms with Crippen LogP contribution in [-0.4, -0.2) is 57.0 Å². The molecule has 12 aromatic heterocycles. The minimum Gasteiger partial charge on any atom is -0.307 e. The number of aromatic nitrogens is 12. The number of benzene rings is 8. The Kier molecular flexibility index (Phi) is 8.68. The predicted molar refractivity (Wildman–Crippen MR) is 344 cm³/mol. The first-order valence-corrected chi connectivity index (χ1v) is 29.5. The van der Waals surface area contributed by atoms with Crippen LogP contribution in [0, 0.1) is 0 Å². The summed E-state index contributed by atoms with van der Waals surface area (Å²) in [7, 11) is 0. The SMILES string of the molecule is c1ccc(-n2c3ccccc3c3ccc4c(nc5n(-c6nccc7c6sc6cc(-c8cnc9c(c8)sc8c(-n%10c%11ccccc%11c%11ccc%12c(nc%13n(-c%14ccccc%14)c%14ccccc%14n%12%13)c%11%10)nccc89)cnc67)c6ccccc6n45)c32)cc1. The van der Waals surface area contributed by atoms with E-state index in [2.05, 4.69) is 233 Å². The van der Waals surface area contributed by atoms with Crippen molar-refractivity contribution >= 4 is 163 Å². The molecule has 0 radical (unpaired) electrons. The van der Waals surface area contributed by atoms with Gasteiger partial charge in [0, 0.05) is 79.6 Å². The van der Waals surface area contributed by atoms with Crippen molar-refractivity contribution < 1.29 is 0 Å². The van der Waals surface area contributed by atoms with Crippen LogP contribution in [0.4, 0.5) is 0 Å². The summed E-state index contributed by atoms with van der Waals surface area (Å²) in [4.78, 5) is 32.1. The molecule has 0 fully saturated rings. The number of rotatable bonds is 5. The number of thiophene rings is 2. The van der Waals surface area contributed by atoms with Crippen molar-refractivity contribution in [2.45, 2.75) is 0 Å². The molecule has 14 heteroatoms. The zero-order valence-electron chi connectivity index (χ0n) is 44.1. The van der Waals surface area contributed by atoms with Crippen LogP contribution in [0.5, 0.6) is 0 Å². The summed E-state index contributed by atoms with van der Waals surface area (Å²) in [6.45, 7) is 0. The highest BCUT2D eigenvalue weighted by Crippen LogP contribution is 2.45. The van der Waals surface area contributed by atoms with Gasteiger partial charge in [-0.05, 0) is 109 Å². The molecule has 0 aliphatic rings. The first-order valence-electron chi connectivity index (χ1n) is 27.8. The van der Waals surface area contributed by atoms with Crippen LogP contribution in [0.25, 0.3) is 174 Å². The van der Waals surface area contributed by atoms with Crippen LogP contribution in [0.15, 0.2) is 231 Å². The zero-order chi connectivity index (χ0) is 54.5. The minimum absolute atomic E-state index is 0.799. The third-order valence-electron chi connectivity index (χ3n) is 17.2. The Morgan fingerprint density at radius 1 is 0.298 bits per heavy atom. The summed E-state index contributed by atoms with van der Waals surface area (Å²) in [5, 5.41) is 6.72. The Labute approximate surface area is 481 Å². The quantitative estimate of drug-likeness (QED) is 0.170. The van der Waals surface area contributed by atoms with Gasteiger partial charge >= 0.3 is 0 Å². The largest absolute Gasteiger partial charge is 0.307 e. The van der Waals surface area contributed by atoms with Gasteiger partial charge in [0.15, 0.2) is 11.6 Å². The number of fused-ring (bicyclic) bond motifs is 24. The molecule has 390 valence electrons. The minimum atomic E-state index is 0.799. The van der Waals surface area contributed by atoms with Gasteiger partial charge in [-0.15, -0.1) is 22.7 Å². The number of pyridine rings is 4. The van der Waals surface area contributed by atoms with Gasteiger partial charge in [-0.25, -0.2) is 19.9 Å². The lowest BCUT2D eigenvalue weighted by atomic mass is 10.1. The van der Waals surface area contributed by atoms with Crippen molar-refractivity contribution in [3.63, 3.8) is 0 Å². The van der Waals surface area contributed by atoms with Gasteiger partial charge in [0.05, 0.1) is 85.0 Å². The molecule has 0 amide bonds. The third kappa shape index (κ3) is 5.78. The molecule has 84 heavy (non-hydrogen) atoms. The van der Waals surface area contributed by atoms with Crippen molar-refractivity contribution in [2.75, 3.05) is 0 Å². The van der Waals surface area contributed by atoms with Crippen LogP contribution < -0.4 is 0 Å². The predicted octanol–water partition coefficient (Wildman–Crippen LogP) is 17.4. The number of imidazole rings is 4. The van der Waals surface area contributed by atoms with Crippen molar-refractivity contribution in [3.8, 4) is 34.1 Å². The van der Waals surface area contributed by atoms with E-state index in [1.54, 1.807) is 22.7 Å². The molecule has 20 rings (SSSR count). The summed E-state index contributed by atoms with van der Waals surface area (Å²) >= 11 is 3.44. The highest BCUT2D eigenvalue weighted by Gasteiger charge is 2.27. The topological polar surface area (TPSA) is 106 Å². The standard InChI is InChI=1S/C70H38N12S2/c1-3-15-41(16-4-1)77-49-21-9-7-19-43(49)45-27-29-55-61(63(45)77)76-70-80(55)53-25-13-14-26-54(53)82(70)68-66-48(32-34-72-68)60-58(84-66)36-40(38-74-60)39-35-57-59(73-37-39)47-31-33-71-67(65(47)83-57)81-50-22-10-8-20-44(50)46-28-30-56-62(64(46)81)75-69-78(42-17-5-2-6-18-42)51-23-11-12-24-52(51)79(56)69/h1-38H. The Morgan fingerprint density at radius 2 is 0.726 bits per heavy atom. The summed E-state index contributed by atoms with van der Waals surface area (Å²) < 4.78 is 18.0. The lowest BCUT2D eigenvalue weighted by molar-refractivity contribution is 1.06. The van der Waals surface area contributed by atoms with Gasteiger partial charge in [0.2, 0.25) is 11.6 Å². The fourth-order valence-electron chi connectivity index (χ4n) is 13.7. The molecule has 0 spiro atoms. The van der Waals surface area contributed by atoms with E-state index in [0.29, 0.717) is 0 Å². The van der Waals surface area contributed by atoms with Gasteiger partial charge in [-0.2, -0.15) is 0 Å². The molecule has 12 nitrogen and oxygen atoms in total. The van der Waals surface area contributed by atoms with E-state index in [4.69, 9.17) is 29.9 Å². The second-order valence-electron chi connectivity index (χ2n) is 21.5. The number of hydrogen-bond donors (Lipinski definition) is 0. The van der Waals surface area contributed by atoms with E-state index in [9.17, 15) is 0 Å². The number of para-hydroxylation sites is 8. The lowest BCUT2D eigenvalue weighted by Gasteiger charge is -2.08. The van der Waals surface area contributed by atoms with Crippen LogP contribution in [0.3, 0.4) is 0 Å². The average molecular weight is 1110 g/mol. The van der Waals surface area contributed by atoms with E-state index >= 15 is 0 Å². The number of nitrogens with zero attached hydrogens (tertiary/aromatic N) is 12. The third-order valence-corrected chi connectivity index (χ3v) is 19.5. The normalized spacial score (nSPS) is 12.5. The van der Waals surface area contributed by atoms with Gasteiger partial charge in [-0.3, -0.25) is 32.5 Å². The molecule has 0 unspecified atom stereocenters. The molecule has 8 aromatic carbocycles. The Bertz CT molecular complexity index is 6250. The van der Waals surface area contributed by atoms with Crippen molar-refractivity contribution in [1.82, 2.24) is 57.0 Å². The van der Waals surface area contributed by atoms with Crippen LogP contribution in [0.1, 0.15) is 0 Å². The Morgan fingerprint density at radius 3 is 1.27 bits per heavy atom. The molecule has 0 atom stereocenters. The zero-order valence-corrected chi connectivity index (χ0v) is 45.8. The fourth-order valence-corrected chi connectivity index (χ4v) is 16.0. The molecule has 20 aromatic rings. The maximum absolute atomic E-state index is 5.62. The van der Waals surface area contributed by atoms with E-state index < -0.39 is 0 Å². The lowest BCUT2D eigenvalue weighted by Crippen LogP contribution is -1.98. The smallest absolute Gasteiger partial charge is 0.222 e. The van der Waals surface area contributed by atoms with Gasteiger partial charge < -0.3 is 4.57 Å². The summed E-state index contributed by atoms with van der Waals surface area (Å²) in [6, 6.07) is 73.1. The Balaban J connectivity index is 0.744. The van der Waals surface area contributed by atoms with E-state index in [1.165, 1.54) is 5.39 Å². The molecule has 0 N–H and O–H groups in total. The monoisotopic (exact) mass is 1110 g/mol. The van der Waals surface area contributed by atoms with Crippen molar-refractivity contribution in [3.05, 3.63) is 231 Å². The fraction of sp³-hybridized carbons (Fsp3) is 0. The van der Waals surface area contributed by atoms with Crippen LogP contribution >= 0.6 is 22.7 Å². The molecule has 0 aliphatic carbocycles. The second-order valence-corrected chi connectivity index (χ2v) is 23.7. The van der Waals surface area contributed by atoms with E-state index in [-0.39, 0.29) is 0 Å². The van der Waals surface area contributed by atoms with Gasteiger partial charge in [-0.1, -0.05) is 97.1 Å². The van der Waals surface area contributed by atoms with Gasteiger partial charge in [0.1, 0.15) is 11.0 Å². The summed E-state index contributed by atoms with van der Waals surface area (Å²) in [6.07, 6.45) is 7.81. The first kappa shape index (κ1) is 44.7. The maximum atomic E-state index is 5.62. The molecule has 0 bridgehead atoms. The average Bonchev–Trinajstić information content (AvgIpc) is 1.91. The van der Waals surface area contributed by atoms with Crippen LogP contribution in [0.2, 0.25) is 0 Å². The molecule has 0 aliphatic heterocycles. The van der Waals surface area contributed by atoms with Gasteiger partial charge in [0.25, 0.3) is 0 Å². The number of hydrogen-bond acceptors (Lipinski definition) is 8. The molecule has 12 heterocycles. The molecule has 0 saturated carbocycles. The van der Waals surface area contributed by atoms with Crippen molar-refractivity contribution in [1.29, 1.82) is 0 Å². The van der Waals surface area contributed by atoms with E-state index in [1.807, 2.05) is 24.8 Å². The Hall–Kier alpha value is -11.1. The van der Waals surface area contributed by atoms with E-state index in [0.717, 1.165) is 169 Å². The molecule has 0 saturated heterocycles. The van der Waals surface area contributed by atoms with Crippen molar-refractivity contribution in [2.24, 2.45) is 0 Å². The summed E-state index contributed by atoms with van der Waals surface area (Å²) in [5.41, 5.74) is 18.5. The second kappa shape index (κ2) is 16.3. The molecular weight excluding hydrogens is 1070 g/mol.